The van der Waals surface area contributed by atoms with Crippen LogP contribution in [-0.2, 0) is 13.6 Å². The molecule has 1 aromatic heterocycles. The molecule has 0 radical (unpaired) electrons. The predicted octanol–water partition coefficient (Wildman–Crippen LogP) is 1.87. The van der Waals surface area contributed by atoms with Crippen LogP contribution in [0.25, 0.3) is 0 Å². The number of likely N-dealkylation sites (tertiary alicyclic amines) is 1. The van der Waals surface area contributed by atoms with Gasteiger partial charge in [0.2, 0.25) is 0 Å². The fourth-order valence-corrected chi connectivity index (χ4v) is 3.33. The van der Waals surface area contributed by atoms with Crippen molar-refractivity contribution in [3.8, 4) is 0 Å². The molecule has 106 valence electrons. The van der Waals surface area contributed by atoms with Crippen LogP contribution in [0.5, 0.6) is 0 Å². The Balaban J connectivity index is 1.66. The third kappa shape index (κ3) is 3.18. The lowest BCUT2D eigenvalue weighted by Gasteiger charge is -2.26. The molecular weight excluding hydrogens is 236 g/mol. The van der Waals surface area contributed by atoms with Crippen LogP contribution >= 0.6 is 0 Å². The van der Waals surface area contributed by atoms with E-state index in [1.165, 1.54) is 63.1 Å². The van der Waals surface area contributed by atoms with E-state index >= 15 is 0 Å². The molecule has 1 N–H and O–H groups in total. The Labute approximate surface area is 116 Å². The van der Waals surface area contributed by atoms with Gasteiger partial charge in [0.1, 0.15) is 0 Å². The highest BCUT2D eigenvalue weighted by Crippen LogP contribution is 2.23. The van der Waals surface area contributed by atoms with E-state index < -0.39 is 0 Å². The fraction of sp³-hybridized carbons (Fsp3) is 0.800. The van der Waals surface area contributed by atoms with Crippen LogP contribution in [0.15, 0.2) is 6.07 Å². The maximum atomic E-state index is 4.75. The van der Waals surface area contributed by atoms with Crippen molar-refractivity contribution in [2.75, 3.05) is 26.2 Å². The molecule has 0 bridgehead atoms. The zero-order chi connectivity index (χ0) is 13.1. The number of hydrogen-bond acceptors (Lipinski definition) is 3. The van der Waals surface area contributed by atoms with Crippen molar-refractivity contribution in [1.29, 1.82) is 0 Å². The highest BCUT2D eigenvalue weighted by molar-refractivity contribution is 5.15. The van der Waals surface area contributed by atoms with Crippen molar-refractivity contribution in [1.82, 2.24) is 20.0 Å². The monoisotopic (exact) mass is 262 g/mol. The molecule has 0 saturated carbocycles. The largest absolute Gasteiger partial charge is 0.316 e. The SMILES string of the molecule is Cn1nc(C2CCCNC2)cc1CN1CCCCC1. The highest BCUT2D eigenvalue weighted by atomic mass is 15.3. The van der Waals surface area contributed by atoms with Gasteiger partial charge in [-0.05, 0) is 51.4 Å². The highest BCUT2D eigenvalue weighted by Gasteiger charge is 2.20. The summed E-state index contributed by atoms with van der Waals surface area (Å²) in [5, 5.41) is 8.23. The Kier molecular flexibility index (Phi) is 4.18. The smallest absolute Gasteiger partial charge is 0.0671 e. The Hall–Kier alpha value is -0.870. The Morgan fingerprint density at radius 3 is 2.84 bits per heavy atom. The van der Waals surface area contributed by atoms with Crippen molar-refractivity contribution in [2.24, 2.45) is 7.05 Å². The number of nitrogens with zero attached hydrogens (tertiary/aromatic N) is 3. The zero-order valence-electron chi connectivity index (χ0n) is 12.1. The first-order chi connectivity index (χ1) is 9.33. The molecule has 0 spiro atoms. The summed E-state index contributed by atoms with van der Waals surface area (Å²) in [5.41, 5.74) is 2.67. The van der Waals surface area contributed by atoms with Gasteiger partial charge in [0.05, 0.1) is 11.4 Å². The summed E-state index contributed by atoms with van der Waals surface area (Å²) in [6.45, 7) is 5.85. The van der Waals surface area contributed by atoms with Gasteiger partial charge >= 0.3 is 0 Å². The molecule has 3 heterocycles. The van der Waals surface area contributed by atoms with Crippen LogP contribution in [0.3, 0.4) is 0 Å². The summed E-state index contributed by atoms with van der Waals surface area (Å²) in [6, 6.07) is 2.34. The zero-order valence-corrected chi connectivity index (χ0v) is 12.1. The minimum absolute atomic E-state index is 0.620. The molecule has 0 aliphatic carbocycles. The summed E-state index contributed by atoms with van der Waals surface area (Å²) in [7, 11) is 2.10. The lowest BCUT2D eigenvalue weighted by atomic mass is 9.96. The number of rotatable bonds is 3. The summed E-state index contributed by atoms with van der Waals surface area (Å²) < 4.78 is 2.10. The molecule has 2 aliphatic heterocycles. The van der Waals surface area contributed by atoms with Gasteiger partial charge in [0, 0.05) is 26.1 Å². The van der Waals surface area contributed by atoms with Gasteiger partial charge in [-0.15, -0.1) is 0 Å². The third-order valence-electron chi connectivity index (χ3n) is 4.55. The fourth-order valence-electron chi connectivity index (χ4n) is 3.33. The molecule has 0 aromatic carbocycles. The van der Waals surface area contributed by atoms with E-state index in [9.17, 15) is 0 Å². The van der Waals surface area contributed by atoms with Crippen molar-refractivity contribution < 1.29 is 0 Å². The molecule has 4 nitrogen and oxygen atoms in total. The van der Waals surface area contributed by atoms with E-state index in [1.807, 2.05) is 0 Å². The Bertz CT molecular complexity index is 400. The molecule has 3 rings (SSSR count). The molecule has 1 atom stereocenters. The van der Waals surface area contributed by atoms with Gasteiger partial charge in [-0.25, -0.2) is 0 Å². The third-order valence-corrected chi connectivity index (χ3v) is 4.55. The van der Waals surface area contributed by atoms with Crippen molar-refractivity contribution in [3.05, 3.63) is 17.5 Å². The van der Waals surface area contributed by atoms with Crippen LogP contribution in [-0.4, -0.2) is 40.9 Å². The van der Waals surface area contributed by atoms with Crippen molar-refractivity contribution in [3.63, 3.8) is 0 Å². The lowest BCUT2D eigenvalue weighted by Crippen LogP contribution is -2.29. The van der Waals surface area contributed by atoms with Crippen molar-refractivity contribution >= 4 is 0 Å². The van der Waals surface area contributed by atoms with Crippen molar-refractivity contribution in [2.45, 2.75) is 44.6 Å². The van der Waals surface area contributed by atoms with Crippen LogP contribution < -0.4 is 5.32 Å². The molecule has 1 unspecified atom stereocenters. The van der Waals surface area contributed by atoms with Crippen LogP contribution in [0.1, 0.15) is 49.4 Å². The van der Waals surface area contributed by atoms with Gasteiger partial charge in [-0.2, -0.15) is 5.10 Å². The van der Waals surface area contributed by atoms with E-state index in [0.717, 1.165) is 13.1 Å². The minimum Gasteiger partial charge on any atom is -0.316 e. The predicted molar refractivity (Wildman–Crippen MR) is 77.2 cm³/mol. The first-order valence-corrected chi connectivity index (χ1v) is 7.79. The topological polar surface area (TPSA) is 33.1 Å². The van der Waals surface area contributed by atoms with Gasteiger partial charge < -0.3 is 5.32 Å². The molecule has 2 fully saturated rings. The van der Waals surface area contributed by atoms with Crippen LogP contribution in [0.2, 0.25) is 0 Å². The summed E-state index contributed by atoms with van der Waals surface area (Å²) in [5.74, 6) is 0.620. The standard InChI is InChI=1S/C15H26N4/c1-18-14(12-19-8-3-2-4-9-19)10-15(17-18)13-6-5-7-16-11-13/h10,13,16H,2-9,11-12H2,1H3. The maximum absolute atomic E-state index is 4.75. The molecule has 1 aromatic rings. The van der Waals surface area contributed by atoms with Gasteiger partial charge in [-0.1, -0.05) is 6.42 Å². The summed E-state index contributed by atoms with van der Waals surface area (Å²) >= 11 is 0. The number of aromatic nitrogens is 2. The van der Waals surface area contributed by atoms with E-state index in [0.29, 0.717) is 5.92 Å². The number of hydrogen-bond donors (Lipinski definition) is 1. The van der Waals surface area contributed by atoms with Gasteiger partial charge in [0.25, 0.3) is 0 Å². The van der Waals surface area contributed by atoms with Crippen LogP contribution in [0.4, 0.5) is 0 Å². The average Bonchev–Trinajstić information content (AvgIpc) is 2.82. The second-order valence-electron chi connectivity index (χ2n) is 6.06. The van der Waals surface area contributed by atoms with E-state index in [2.05, 4.69) is 28.0 Å². The number of aryl methyl sites for hydroxylation is 1. The normalized spacial score (nSPS) is 25.6. The maximum Gasteiger partial charge on any atom is 0.0671 e. The molecule has 0 amide bonds. The lowest BCUT2D eigenvalue weighted by molar-refractivity contribution is 0.216. The van der Waals surface area contributed by atoms with Gasteiger partial charge in [-0.3, -0.25) is 9.58 Å². The molecule has 2 saturated heterocycles. The molecule has 4 heteroatoms. The van der Waals surface area contributed by atoms with Crippen LogP contribution in [0, 0.1) is 0 Å². The van der Waals surface area contributed by atoms with E-state index in [1.54, 1.807) is 0 Å². The summed E-state index contributed by atoms with van der Waals surface area (Å²) in [4.78, 5) is 2.57. The average molecular weight is 262 g/mol. The van der Waals surface area contributed by atoms with E-state index in [-0.39, 0.29) is 0 Å². The number of nitrogens with one attached hydrogen (secondary N) is 1. The Morgan fingerprint density at radius 1 is 1.26 bits per heavy atom. The second kappa shape index (κ2) is 6.06. The second-order valence-corrected chi connectivity index (χ2v) is 6.06. The quantitative estimate of drug-likeness (QED) is 0.903. The first kappa shape index (κ1) is 13.1. The first-order valence-electron chi connectivity index (χ1n) is 7.79. The van der Waals surface area contributed by atoms with E-state index in [4.69, 9.17) is 5.10 Å². The van der Waals surface area contributed by atoms with Gasteiger partial charge in [0.15, 0.2) is 0 Å². The molecule has 2 aliphatic rings. The molecular formula is C15H26N4. The number of piperidine rings is 2. The molecule has 19 heavy (non-hydrogen) atoms. The summed E-state index contributed by atoms with van der Waals surface area (Å²) in [6.07, 6.45) is 6.69. The Morgan fingerprint density at radius 2 is 2.11 bits per heavy atom. The minimum atomic E-state index is 0.620.